The molecule has 0 fully saturated rings. The van der Waals surface area contributed by atoms with Crippen LogP contribution < -0.4 is 0 Å². The summed E-state index contributed by atoms with van der Waals surface area (Å²) in [5, 5.41) is 2.68. The van der Waals surface area contributed by atoms with E-state index in [1.807, 2.05) is 115 Å². The van der Waals surface area contributed by atoms with Gasteiger partial charge in [-0.25, -0.2) is 4.98 Å². The summed E-state index contributed by atoms with van der Waals surface area (Å²) in [4.78, 5) is 10.5. The Bertz CT molecular complexity index is 4600. The monoisotopic (exact) mass is 832 g/mol. The van der Waals surface area contributed by atoms with Gasteiger partial charge in [0.25, 0.3) is 0 Å². The number of fused-ring (bicyclic) bond motifs is 12. The van der Waals surface area contributed by atoms with E-state index >= 15 is 0 Å². The van der Waals surface area contributed by atoms with Gasteiger partial charge in [0.05, 0.1) is 83.1 Å². The lowest BCUT2D eigenvalue weighted by Crippen LogP contribution is -2.10. The summed E-state index contributed by atoms with van der Waals surface area (Å²) in [5.41, 5.74) is 3.58. The summed E-state index contributed by atoms with van der Waals surface area (Å²) in [6.45, 7) is 0. The fraction of sp³-hybridized carbons (Fsp3) is 0. The molecule has 6 nitrogen and oxygen atoms in total. The summed E-state index contributed by atoms with van der Waals surface area (Å²) < 4.78 is 153. The number of hydrogen-bond acceptors (Lipinski definition) is 2. The van der Waals surface area contributed by atoms with Crippen molar-refractivity contribution in [3.63, 3.8) is 0 Å². The maximum atomic E-state index is 9.53. The number of para-hydroxylation sites is 8. The quantitative estimate of drug-likeness (QED) is 0.173. The molecule has 0 spiro atoms. The van der Waals surface area contributed by atoms with Gasteiger partial charge in [0.1, 0.15) is 5.82 Å². The van der Waals surface area contributed by atoms with Gasteiger partial charge in [0.15, 0.2) is 0 Å². The van der Waals surface area contributed by atoms with Gasteiger partial charge < -0.3 is 9.13 Å². The maximum Gasteiger partial charge on any atom is 0.237 e. The SMILES string of the molecule is [2H]c1c([2H])c([2H])c2c(c1[2H])c1c([2H])c([2H])c([2H])c([2H])c1n2-c1cc(-c2c(-n3c4ccccc4c4ccccc43)cccc2-n2c3ccccc3c3ccccc32)nc(-n2c3c([2H])c([2H])c([2H])c([2H])c3c3c([2H])c([2H])c([2H])c([2H])c32)n1. The van der Waals surface area contributed by atoms with Gasteiger partial charge >= 0.3 is 0 Å². The summed E-state index contributed by atoms with van der Waals surface area (Å²) in [7, 11) is 0. The van der Waals surface area contributed by atoms with E-state index in [2.05, 4.69) is 9.13 Å². The molecule has 14 rings (SSSR count). The molecule has 0 unspecified atom stereocenters. The van der Waals surface area contributed by atoms with E-state index in [4.69, 9.17) is 20.9 Å². The first-order valence-corrected chi connectivity index (χ1v) is 20.5. The lowest BCUT2D eigenvalue weighted by atomic mass is 10.0. The summed E-state index contributed by atoms with van der Waals surface area (Å²) in [5.74, 6) is -0.684. The van der Waals surface area contributed by atoms with Crippen LogP contribution in [0.4, 0.5) is 0 Å². The zero-order valence-electron chi connectivity index (χ0n) is 49.2. The van der Waals surface area contributed by atoms with Crippen LogP contribution in [-0.4, -0.2) is 28.2 Å². The van der Waals surface area contributed by atoms with Crippen molar-refractivity contribution >= 4 is 87.2 Å². The minimum Gasteiger partial charge on any atom is -0.308 e. The van der Waals surface area contributed by atoms with E-state index in [-0.39, 0.29) is 55.1 Å². The molecule has 14 aromatic rings. The van der Waals surface area contributed by atoms with Crippen LogP contribution in [0.15, 0.2) is 218 Å². The van der Waals surface area contributed by atoms with Gasteiger partial charge in [-0.05, 0) is 60.6 Å². The van der Waals surface area contributed by atoms with Crippen LogP contribution in [0.2, 0.25) is 0 Å². The number of rotatable bonds is 5. The van der Waals surface area contributed by atoms with Gasteiger partial charge in [-0.2, -0.15) is 4.98 Å². The normalized spacial score (nSPS) is 15.6. The van der Waals surface area contributed by atoms with Crippen molar-refractivity contribution in [3.05, 3.63) is 218 Å². The zero-order valence-corrected chi connectivity index (χ0v) is 33.2. The second-order valence-electron chi connectivity index (χ2n) is 15.4. The number of nitrogens with zero attached hydrogens (tertiary/aromatic N) is 6. The van der Waals surface area contributed by atoms with Crippen molar-refractivity contribution in [1.82, 2.24) is 28.2 Å². The Morgan fingerprint density at radius 3 is 1.08 bits per heavy atom. The van der Waals surface area contributed by atoms with Crippen LogP contribution >= 0.6 is 0 Å². The van der Waals surface area contributed by atoms with E-state index in [1.54, 1.807) is 0 Å². The second kappa shape index (κ2) is 13.4. The van der Waals surface area contributed by atoms with Crippen molar-refractivity contribution in [2.45, 2.75) is 0 Å². The third-order valence-electron chi connectivity index (χ3n) is 12.1. The second-order valence-corrected chi connectivity index (χ2v) is 15.4. The van der Waals surface area contributed by atoms with Crippen molar-refractivity contribution in [2.24, 2.45) is 0 Å². The molecule has 0 atom stereocenters. The number of benzene rings is 9. The first-order valence-electron chi connectivity index (χ1n) is 28.5. The van der Waals surface area contributed by atoms with Gasteiger partial charge in [0, 0.05) is 54.7 Å². The molecule has 0 N–H and O–H groups in total. The Labute approximate surface area is 389 Å². The smallest absolute Gasteiger partial charge is 0.237 e. The first-order chi connectivity index (χ1) is 38.4. The van der Waals surface area contributed by atoms with Crippen molar-refractivity contribution in [2.75, 3.05) is 0 Å². The molecule has 6 heteroatoms. The Kier molecular flexibility index (Phi) is 4.79. The minimum absolute atomic E-state index is 0.0627. The summed E-state index contributed by atoms with van der Waals surface area (Å²) in [6.07, 6.45) is 0. The highest BCUT2D eigenvalue weighted by Crippen LogP contribution is 2.43. The number of aromatic nitrogens is 6. The fourth-order valence-electron chi connectivity index (χ4n) is 9.56. The Morgan fingerprint density at radius 1 is 0.312 bits per heavy atom. The lowest BCUT2D eigenvalue weighted by molar-refractivity contribution is 0.950. The van der Waals surface area contributed by atoms with E-state index < -0.39 is 103 Å². The van der Waals surface area contributed by atoms with Crippen LogP contribution in [0.25, 0.3) is 122 Å². The molecular formula is C58H36N6. The van der Waals surface area contributed by atoms with Crippen LogP contribution in [0.3, 0.4) is 0 Å². The predicted octanol–water partition coefficient (Wildman–Crippen LogP) is 14.5. The maximum absolute atomic E-state index is 9.53. The van der Waals surface area contributed by atoms with Crippen molar-refractivity contribution < 1.29 is 21.9 Å². The van der Waals surface area contributed by atoms with E-state index in [0.29, 0.717) is 16.9 Å². The fourth-order valence-corrected chi connectivity index (χ4v) is 9.56. The molecule has 0 saturated carbocycles. The first kappa shape index (κ1) is 22.9. The standard InChI is InChI=1S/C58H36N6/c1-9-26-46-37(18-1)38-19-2-10-27-47(38)61(46)54-34-17-35-55(62-48-28-11-3-20-39(48)40-21-4-12-29-49(40)62)57(54)45-36-56(63-50-30-13-5-22-41(50)42-23-6-14-31-51(42)63)60-58(59-45)64-52-32-15-7-24-43(52)44-25-8-16-33-53(44)64/h1-36H/i5D,6D,7D,8D,13D,14D,15D,16D,22D,23D,24D,25D,30D,31D,32D,33D. The van der Waals surface area contributed by atoms with Gasteiger partial charge in [-0.1, -0.05) is 151 Å². The highest BCUT2D eigenvalue weighted by molar-refractivity contribution is 6.13. The van der Waals surface area contributed by atoms with Gasteiger partial charge in [-0.3, -0.25) is 9.13 Å². The molecule has 5 heterocycles. The minimum atomic E-state index is -0.696. The average molecular weight is 833 g/mol. The molecule has 0 saturated heterocycles. The molecule has 0 aliphatic rings. The van der Waals surface area contributed by atoms with Crippen molar-refractivity contribution in [1.29, 1.82) is 0 Å². The number of hydrogen-bond donors (Lipinski definition) is 0. The molecule has 298 valence electrons. The highest BCUT2D eigenvalue weighted by Gasteiger charge is 2.25. The molecule has 5 aromatic heterocycles. The molecule has 9 aromatic carbocycles. The van der Waals surface area contributed by atoms with Crippen LogP contribution in [0.1, 0.15) is 21.9 Å². The zero-order chi connectivity index (χ0) is 55.8. The average Bonchev–Trinajstić information content (AvgIpc) is 4.37. The van der Waals surface area contributed by atoms with Crippen LogP contribution in [0, 0.1) is 0 Å². The van der Waals surface area contributed by atoms with E-state index in [9.17, 15) is 11.0 Å². The van der Waals surface area contributed by atoms with Crippen molar-refractivity contribution in [3.8, 4) is 34.4 Å². The Balaban J connectivity index is 1.26. The molecule has 0 aliphatic heterocycles. The molecule has 0 bridgehead atoms. The molecule has 64 heavy (non-hydrogen) atoms. The third-order valence-corrected chi connectivity index (χ3v) is 12.1. The van der Waals surface area contributed by atoms with Gasteiger partial charge in [-0.15, -0.1) is 0 Å². The highest BCUT2D eigenvalue weighted by atomic mass is 15.2. The van der Waals surface area contributed by atoms with Gasteiger partial charge in [0.2, 0.25) is 5.95 Å². The van der Waals surface area contributed by atoms with Crippen LogP contribution in [-0.2, 0) is 0 Å². The molecule has 0 aliphatic carbocycles. The summed E-state index contributed by atoms with van der Waals surface area (Å²) >= 11 is 0. The molecule has 0 radical (unpaired) electrons. The molecule has 0 amide bonds. The predicted molar refractivity (Wildman–Crippen MR) is 265 cm³/mol. The largest absolute Gasteiger partial charge is 0.308 e. The Morgan fingerprint density at radius 2 is 0.672 bits per heavy atom. The lowest BCUT2D eigenvalue weighted by Gasteiger charge is -2.21. The Hall–Kier alpha value is -8.74. The molecular weight excluding hydrogens is 781 g/mol. The summed E-state index contributed by atoms with van der Waals surface area (Å²) in [6, 6.07) is 28.4. The van der Waals surface area contributed by atoms with Crippen LogP contribution in [0.5, 0.6) is 0 Å². The van der Waals surface area contributed by atoms with E-state index in [1.165, 1.54) is 10.6 Å². The third kappa shape index (κ3) is 4.85. The topological polar surface area (TPSA) is 45.5 Å². The van der Waals surface area contributed by atoms with E-state index in [0.717, 1.165) is 48.2 Å².